The van der Waals surface area contributed by atoms with E-state index < -0.39 is 0 Å². The summed E-state index contributed by atoms with van der Waals surface area (Å²) in [6, 6.07) is 5.77. The first-order chi connectivity index (χ1) is 9.28. The molecule has 0 spiro atoms. The summed E-state index contributed by atoms with van der Waals surface area (Å²) < 4.78 is 12.9. The van der Waals surface area contributed by atoms with Crippen LogP contribution in [0.15, 0.2) is 18.2 Å². The predicted molar refractivity (Wildman–Crippen MR) is 74.2 cm³/mol. The van der Waals surface area contributed by atoms with Gasteiger partial charge in [-0.1, -0.05) is 0 Å². The zero-order valence-electron chi connectivity index (χ0n) is 11.1. The molecule has 5 heteroatoms. The maximum atomic E-state index is 5.95. The van der Waals surface area contributed by atoms with E-state index in [0.29, 0.717) is 12.6 Å². The quantitative estimate of drug-likeness (QED) is 0.808. The van der Waals surface area contributed by atoms with E-state index in [2.05, 4.69) is 4.98 Å². The molecule has 2 aromatic rings. The number of methoxy groups -OCH3 is 1. The molecule has 0 unspecified atom stereocenters. The number of aromatic nitrogens is 2. The standard InChI is InChI=1S/C14H19N3O2/c1-18-11-4-5-12-13(8-11)17(14(15)16-12)6-7-19-9-10-2-3-10/h4-5,8,10H,2-3,6-7,9H2,1H3,(H2,15,16). The summed E-state index contributed by atoms with van der Waals surface area (Å²) in [5, 5.41) is 0. The summed E-state index contributed by atoms with van der Waals surface area (Å²) in [5.74, 6) is 2.13. The Labute approximate surface area is 112 Å². The van der Waals surface area contributed by atoms with Crippen molar-refractivity contribution < 1.29 is 9.47 Å². The minimum atomic E-state index is 0.526. The van der Waals surface area contributed by atoms with E-state index in [1.54, 1.807) is 7.11 Å². The molecule has 0 saturated heterocycles. The molecule has 0 atom stereocenters. The van der Waals surface area contributed by atoms with Crippen LogP contribution in [0, 0.1) is 5.92 Å². The number of imidazole rings is 1. The van der Waals surface area contributed by atoms with Crippen molar-refractivity contribution in [3.05, 3.63) is 18.2 Å². The number of ether oxygens (including phenoxy) is 2. The van der Waals surface area contributed by atoms with Crippen molar-refractivity contribution >= 4 is 17.0 Å². The van der Waals surface area contributed by atoms with Crippen LogP contribution in [-0.4, -0.2) is 29.9 Å². The van der Waals surface area contributed by atoms with Crippen molar-refractivity contribution in [2.24, 2.45) is 5.92 Å². The van der Waals surface area contributed by atoms with E-state index in [0.717, 1.165) is 35.9 Å². The lowest BCUT2D eigenvalue weighted by Gasteiger charge is -2.08. The minimum Gasteiger partial charge on any atom is -0.497 e. The van der Waals surface area contributed by atoms with Gasteiger partial charge in [-0.15, -0.1) is 0 Å². The maximum Gasteiger partial charge on any atom is 0.201 e. The zero-order valence-corrected chi connectivity index (χ0v) is 11.1. The highest BCUT2D eigenvalue weighted by Crippen LogP contribution is 2.29. The molecular formula is C14H19N3O2. The minimum absolute atomic E-state index is 0.526. The van der Waals surface area contributed by atoms with Crippen LogP contribution < -0.4 is 10.5 Å². The molecule has 1 aliphatic rings. The molecular weight excluding hydrogens is 242 g/mol. The summed E-state index contributed by atoms with van der Waals surface area (Å²) in [5.41, 5.74) is 7.84. The Morgan fingerprint density at radius 2 is 2.26 bits per heavy atom. The number of nitrogens with two attached hydrogens (primary N) is 1. The third-order valence-corrected chi connectivity index (χ3v) is 3.49. The van der Waals surface area contributed by atoms with Crippen molar-refractivity contribution in [2.75, 3.05) is 26.1 Å². The second kappa shape index (κ2) is 5.09. The fraction of sp³-hybridized carbons (Fsp3) is 0.500. The Morgan fingerprint density at radius 3 is 3.00 bits per heavy atom. The van der Waals surface area contributed by atoms with Crippen molar-refractivity contribution in [1.82, 2.24) is 9.55 Å². The molecule has 5 nitrogen and oxygen atoms in total. The van der Waals surface area contributed by atoms with Gasteiger partial charge in [0.2, 0.25) is 5.95 Å². The van der Waals surface area contributed by atoms with Gasteiger partial charge in [-0.2, -0.15) is 0 Å². The summed E-state index contributed by atoms with van der Waals surface area (Å²) in [7, 11) is 1.66. The summed E-state index contributed by atoms with van der Waals surface area (Å²) in [6.45, 7) is 2.27. The van der Waals surface area contributed by atoms with Crippen LogP contribution in [0.3, 0.4) is 0 Å². The van der Waals surface area contributed by atoms with Crippen LogP contribution in [0.1, 0.15) is 12.8 Å². The lowest BCUT2D eigenvalue weighted by atomic mass is 10.3. The summed E-state index contributed by atoms with van der Waals surface area (Å²) in [6.07, 6.45) is 2.63. The van der Waals surface area contributed by atoms with E-state index in [-0.39, 0.29) is 0 Å². The third kappa shape index (κ3) is 2.66. The number of nitrogens with zero attached hydrogens (tertiary/aromatic N) is 2. The molecule has 2 N–H and O–H groups in total. The Hall–Kier alpha value is -1.75. The lowest BCUT2D eigenvalue weighted by Crippen LogP contribution is -2.10. The van der Waals surface area contributed by atoms with Gasteiger partial charge in [0.05, 0.1) is 24.8 Å². The molecule has 1 saturated carbocycles. The van der Waals surface area contributed by atoms with E-state index >= 15 is 0 Å². The molecule has 1 aromatic heterocycles. The number of hydrogen-bond donors (Lipinski definition) is 1. The third-order valence-electron chi connectivity index (χ3n) is 3.49. The van der Waals surface area contributed by atoms with E-state index in [1.807, 2.05) is 22.8 Å². The molecule has 102 valence electrons. The van der Waals surface area contributed by atoms with Gasteiger partial charge in [0.25, 0.3) is 0 Å². The van der Waals surface area contributed by atoms with Crippen LogP contribution in [0.2, 0.25) is 0 Å². The first-order valence-corrected chi connectivity index (χ1v) is 6.65. The fourth-order valence-electron chi connectivity index (χ4n) is 2.17. The lowest BCUT2D eigenvalue weighted by molar-refractivity contribution is 0.118. The highest BCUT2D eigenvalue weighted by atomic mass is 16.5. The number of anilines is 1. The first-order valence-electron chi connectivity index (χ1n) is 6.65. The molecule has 1 fully saturated rings. The number of nitrogen functional groups attached to an aromatic ring is 1. The van der Waals surface area contributed by atoms with Gasteiger partial charge in [-0.05, 0) is 30.9 Å². The monoisotopic (exact) mass is 261 g/mol. The number of rotatable bonds is 6. The van der Waals surface area contributed by atoms with Crippen LogP contribution in [-0.2, 0) is 11.3 Å². The van der Waals surface area contributed by atoms with Gasteiger partial charge < -0.3 is 19.8 Å². The number of fused-ring (bicyclic) bond motifs is 1. The van der Waals surface area contributed by atoms with Crippen LogP contribution in [0.4, 0.5) is 5.95 Å². The highest BCUT2D eigenvalue weighted by Gasteiger charge is 2.21. The molecule has 1 aliphatic carbocycles. The predicted octanol–water partition coefficient (Wildman–Crippen LogP) is 2.05. The summed E-state index contributed by atoms with van der Waals surface area (Å²) in [4.78, 5) is 4.34. The second-order valence-electron chi connectivity index (χ2n) is 4.99. The average molecular weight is 261 g/mol. The van der Waals surface area contributed by atoms with Gasteiger partial charge in [0, 0.05) is 19.2 Å². The van der Waals surface area contributed by atoms with Gasteiger partial charge in [-0.3, -0.25) is 0 Å². The van der Waals surface area contributed by atoms with E-state index in [4.69, 9.17) is 15.2 Å². The van der Waals surface area contributed by atoms with Crippen molar-refractivity contribution in [2.45, 2.75) is 19.4 Å². The van der Waals surface area contributed by atoms with Gasteiger partial charge in [-0.25, -0.2) is 4.98 Å². The number of benzene rings is 1. The highest BCUT2D eigenvalue weighted by molar-refractivity contribution is 5.79. The van der Waals surface area contributed by atoms with E-state index in [1.165, 1.54) is 12.8 Å². The van der Waals surface area contributed by atoms with Gasteiger partial charge >= 0.3 is 0 Å². The maximum absolute atomic E-state index is 5.95. The molecule has 1 heterocycles. The van der Waals surface area contributed by atoms with Gasteiger partial charge in [0.1, 0.15) is 5.75 Å². The SMILES string of the molecule is COc1ccc2nc(N)n(CCOCC3CC3)c2c1. The number of hydrogen-bond acceptors (Lipinski definition) is 4. The van der Waals surface area contributed by atoms with Crippen molar-refractivity contribution in [1.29, 1.82) is 0 Å². The average Bonchev–Trinajstić information content (AvgIpc) is 3.18. The largest absolute Gasteiger partial charge is 0.497 e. The smallest absolute Gasteiger partial charge is 0.201 e. The van der Waals surface area contributed by atoms with Crippen LogP contribution in [0.25, 0.3) is 11.0 Å². The first kappa shape index (κ1) is 12.3. The second-order valence-corrected chi connectivity index (χ2v) is 4.99. The molecule has 19 heavy (non-hydrogen) atoms. The van der Waals surface area contributed by atoms with E-state index in [9.17, 15) is 0 Å². The molecule has 0 aliphatic heterocycles. The van der Waals surface area contributed by atoms with Crippen LogP contribution in [0.5, 0.6) is 5.75 Å². The Kier molecular flexibility index (Phi) is 3.29. The van der Waals surface area contributed by atoms with Crippen molar-refractivity contribution in [3.8, 4) is 5.75 Å². The molecule has 0 amide bonds. The van der Waals surface area contributed by atoms with Gasteiger partial charge in [0.15, 0.2) is 0 Å². The fourth-order valence-corrected chi connectivity index (χ4v) is 2.17. The summed E-state index contributed by atoms with van der Waals surface area (Å²) >= 11 is 0. The molecule has 0 radical (unpaired) electrons. The zero-order chi connectivity index (χ0) is 13.2. The van der Waals surface area contributed by atoms with Crippen LogP contribution >= 0.6 is 0 Å². The Bertz CT molecular complexity index is 575. The molecule has 1 aromatic carbocycles. The Balaban J connectivity index is 1.73. The molecule has 3 rings (SSSR count). The van der Waals surface area contributed by atoms with Crippen molar-refractivity contribution in [3.63, 3.8) is 0 Å². The Morgan fingerprint density at radius 1 is 1.42 bits per heavy atom. The molecule has 0 bridgehead atoms. The normalized spacial score (nSPS) is 15.0. The topological polar surface area (TPSA) is 62.3 Å².